The summed E-state index contributed by atoms with van der Waals surface area (Å²) in [6, 6.07) is 6.82. The zero-order valence-electron chi connectivity index (χ0n) is 7.99. The molecule has 0 aliphatic carbocycles. The maximum absolute atomic E-state index is 11.4. The van der Waals surface area contributed by atoms with Gasteiger partial charge in [0.15, 0.2) is 0 Å². The van der Waals surface area contributed by atoms with Crippen molar-refractivity contribution in [3.8, 4) is 0 Å². The molecule has 1 rings (SSSR count). The lowest BCUT2D eigenvalue weighted by Crippen LogP contribution is -2.25. The van der Waals surface area contributed by atoms with Crippen LogP contribution in [0.4, 0.5) is 5.69 Å². The van der Waals surface area contributed by atoms with Crippen LogP contribution in [0.25, 0.3) is 0 Å². The van der Waals surface area contributed by atoms with E-state index in [1.54, 1.807) is 24.3 Å². The maximum atomic E-state index is 11.4. The topological polar surface area (TPSA) is 81.1 Å². The van der Waals surface area contributed by atoms with E-state index in [0.717, 1.165) is 6.42 Å². The highest BCUT2D eigenvalue weighted by Crippen LogP contribution is 2.04. The Balaban J connectivity index is 2.48. The van der Waals surface area contributed by atoms with Gasteiger partial charge in [-0.15, -0.1) is 0 Å². The average Bonchev–Trinajstić information content (AvgIpc) is 2.19. The Morgan fingerprint density at radius 1 is 1.29 bits per heavy atom. The first-order valence-corrected chi connectivity index (χ1v) is 4.58. The Hall–Kier alpha value is -1.55. The zero-order chi connectivity index (χ0) is 10.4. The van der Waals surface area contributed by atoms with E-state index in [9.17, 15) is 4.79 Å². The summed E-state index contributed by atoms with van der Waals surface area (Å²) in [5.41, 5.74) is 12.1. The van der Waals surface area contributed by atoms with Gasteiger partial charge in [0, 0.05) is 17.8 Å². The number of benzene rings is 1. The minimum Gasteiger partial charge on any atom is -0.399 e. The molecule has 0 aromatic heterocycles. The Bertz CT molecular complexity index is 295. The van der Waals surface area contributed by atoms with Gasteiger partial charge in [0.25, 0.3) is 5.91 Å². The first-order chi connectivity index (χ1) is 6.74. The molecule has 0 unspecified atom stereocenters. The van der Waals surface area contributed by atoms with Crippen LogP contribution in [-0.4, -0.2) is 19.0 Å². The predicted octanol–water partition coefficient (Wildman–Crippen LogP) is 0.347. The summed E-state index contributed by atoms with van der Waals surface area (Å²) in [4.78, 5) is 11.4. The molecule has 1 aromatic carbocycles. The van der Waals surface area contributed by atoms with Gasteiger partial charge < -0.3 is 16.8 Å². The van der Waals surface area contributed by atoms with E-state index < -0.39 is 0 Å². The number of rotatable bonds is 4. The summed E-state index contributed by atoms with van der Waals surface area (Å²) < 4.78 is 0. The highest BCUT2D eigenvalue weighted by molar-refractivity contribution is 5.94. The third-order valence-electron chi connectivity index (χ3n) is 1.84. The highest BCUT2D eigenvalue weighted by atomic mass is 16.1. The van der Waals surface area contributed by atoms with Crippen LogP contribution in [-0.2, 0) is 0 Å². The van der Waals surface area contributed by atoms with Gasteiger partial charge >= 0.3 is 0 Å². The van der Waals surface area contributed by atoms with E-state index >= 15 is 0 Å². The van der Waals surface area contributed by atoms with Gasteiger partial charge in [-0.2, -0.15) is 0 Å². The number of hydrogen-bond donors (Lipinski definition) is 3. The number of hydrogen-bond acceptors (Lipinski definition) is 3. The number of nitrogens with one attached hydrogen (secondary N) is 1. The molecule has 0 aliphatic rings. The van der Waals surface area contributed by atoms with Crippen molar-refractivity contribution in [2.24, 2.45) is 5.73 Å². The number of nitrogen functional groups attached to an aromatic ring is 1. The fourth-order valence-corrected chi connectivity index (χ4v) is 1.04. The van der Waals surface area contributed by atoms with Gasteiger partial charge in [-0.25, -0.2) is 0 Å². The molecule has 0 saturated carbocycles. The molecule has 0 radical (unpaired) electrons. The molecule has 0 heterocycles. The molecule has 14 heavy (non-hydrogen) atoms. The fourth-order valence-electron chi connectivity index (χ4n) is 1.04. The molecule has 0 atom stereocenters. The highest BCUT2D eigenvalue weighted by Gasteiger charge is 2.02. The molecule has 0 saturated heterocycles. The summed E-state index contributed by atoms with van der Waals surface area (Å²) >= 11 is 0. The second-order valence-corrected chi connectivity index (χ2v) is 3.02. The van der Waals surface area contributed by atoms with E-state index in [2.05, 4.69) is 5.32 Å². The second kappa shape index (κ2) is 5.24. The smallest absolute Gasteiger partial charge is 0.251 e. The Labute approximate surface area is 83.3 Å². The number of carbonyl (C=O) groups excluding carboxylic acids is 1. The van der Waals surface area contributed by atoms with Gasteiger partial charge in [0.1, 0.15) is 0 Å². The number of nitrogens with two attached hydrogens (primary N) is 2. The number of anilines is 1. The van der Waals surface area contributed by atoms with Crippen LogP contribution in [0.1, 0.15) is 16.8 Å². The fraction of sp³-hybridized carbons (Fsp3) is 0.300. The Morgan fingerprint density at radius 2 is 1.93 bits per heavy atom. The van der Waals surface area contributed by atoms with E-state index in [4.69, 9.17) is 11.5 Å². The molecular formula is C10H15N3O. The summed E-state index contributed by atoms with van der Waals surface area (Å²) in [6.07, 6.45) is 0.792. The first kappa shape index (κ1) is 10.5. The van der Waals surface area contributed by atoms with E-state index in [1.165, 1.54) is 0 Å². The average molecular weight is 193 g/mol. The molecule has 76 valence electrons. The van der Waals surface area contributed by atoms with Crippen molar-refractivity contribution in [3.63, 3.8) is 0 Å². The lowest BCUT2D eigenvalue weighted by Gasteiger charge is -2.03. The normalized spacial score (nSPS) is 9.79. The second-order valence-electron chi connectivity index (χ2n) is 3.02. The van der Waals surface area contributed by atoms with Gasteiger partial charge in [-0.1, -0.05) is 0 Å². The molecule has 0 fully saturated rings. The van der Waals surface area contributed by atoms with Crippen LogP contribution in [0.5, 0.6) is 0 Å². The zero-order valence-corrected chi connectivity index (χ0v) is 7.99. The Kier molecular flexibility index (Phi) is 3.94. The van der Waals surface area contributed by atoms with Gasteiger partial charge in [-0.05, 0) is 37.2 Å². The SMILES string of the molecule is NCCCNC(=O)c1ccc(N)cc1. The van der Waals surface area contributed by atoms with Gasteiger partial charge in [0.05, 0.1) is 0 Å². The van der Waals surface area contributed by atoms with Crippen LogP contribution < -0.4 is 16.8 Å². The summed E-state index contributed by atoms with van der Waals surface area (Å²) in [5.74, 6) is -0.0848. The lowest BCUT2D eigenvalue weighted by atomic mass is 10.2. The van der Waals surface area contributed by atoms with Crippen molar-refractivity contribution in [3.05, 3.63) is 29.8 Å². The van der Waals surface area contributed by atoms with Crippen LogP contribution in [0, 0.1) is 0 Å². The van der Waals surface area contributed by atoms with E-state index in [-0.39, 0.29) is 5.91 Å². The molecule has 0 bridgehead atoms. The molecule has 0 spiro atoms. The molecule has 1 aromatic rings. The summed E-state index contributed by atoms with van der Waals surface area (Å²) in [7, 11) is 0. The van der Waals surface area contributed by atoms with E-state index in [0.29, 0.717) is 24.3 Å². The summed E-state index contributed by atoms with van der Waals surface area (Å²) in [5, 5.41) is 2.76. The Morgan fingerprint density at radius 3 is 2.50 bits per heavy atom. The number of amides is 1. The number of carbonyl (C=O) groups is 1. The van der Waals surface area contributed by atoms with Crippen molar-refractivity contribution in [2.75, 3.05) is 18.8 Å². The molecule has 0 aliphatic heterocycles. The van der Waals surface area contributed by atoms with Crippen LogP contribution in [0.3, 0.4) is 0 Å². The predicted molar refractivity (Wildman–Crippen MR) is 56.9 cm³/mol. The first-order valence-electron chi connectivity index (χ1n) is 4.58. The third-order valence-corrected chi connectivity index (χ3v) is 1.84. The van der Waals surface area contributed by atoms with Crippen molar-refractivity contribution < 1.29 is 4.79 Å². The van der Waals surface area contributed by atoms with Crippen molar-refractivity contribution >= 4 is 11.6 Å². The van der Waals surface area contributed by atoms with Crippen molar-refractivity contribution in [1.82, 2.24) is 5.32 Å². The van der Waals surface area contributed by atoms with Gasteiger partial charge in [0.2, 0.25) is 0 Å². The van der Waals surface area contributed by atoms with Crippen molar-refractivity contribution in [2.45, 2.75) is 6.42 Å². The molecule has 4 nitrogen and oxygen atoms in total. The van der Waals surface area contributed by atoms with Crippen LogP contribution in [0.2, 0.25) is 0 Å². The van der Waals surface area contributed by atoms with Crippen LogP contribution >= 0.6 is 0 Å². The van der Waals surface area contributed by atoms with Gasteiger partial charge in [-0.3, -0.25) is 4.79 Å². The largest absolute Gasteiger partial charge is 0.399 e. The minimum absolute atomic E-state index is 0.0848. The maximum Gasteiger partial charge on any atom is 0.251 e. The molecular weight excluding hydrogens is 178 g/mol. The third kappa shape index (κ3) is 3.06. The monoisotopic (exact) mass is 193 g/mol. The molecule has 1 amide bonds. The van der Waals surface area contributed by atoms with E-state index in [1.807, 2.05) is 0 Å². The minimum atomic E-state index is -0.0848. The quantitative estimate of drug-likeness (QED) is 0.476. The van der Waals surface area contributed by atoms with Crippen LogP contribution in [0.15, 0.2) is 24.3 Å². The molecule has 5 N–H and O–H groups in total. The van der Waals surface area contributed by atoms with Crippen molar-refractivity contribution in [1.29, 1.82) is 0 Å². The molecule has 4 heteroatoms. The standard InChI is InChI=1S/C10H15N3O/c11-6-1-7-13-10(14)8-2-4-9(12)5-3-8/h2-5H,1,6-7,11-12H2,(H,13,14). The lowest BCUT2D eigenvalue weighted by molar-refractivity contribution is 0.0953. The summed E-state index contributed by atoms with van der Waals surface area (Å²) in [6.45, 7) is 1.20.